The Morgan fingerprint density at radius 2 is 2.17 bits per heavy atom. The van der Waals surface area contributed by atoms with Crippen molar-refractivity contribution in [1.82, 2.24) is 4.90 Å². The molecule has 1 aliphatic heterocycles. The number of carbonyl (C=O) groups excluding carboxylic acids is 1. The van der Waals surface area contributed by atoms with Crippen molar-refractivity contribution in [2.45, 2.75) is 33.5 Å². The Labute approximate surface area is 72.7 Å². The summed E-state index contributed by atoms with van der Waals surface area (Å²) in [7, 11) is 0. The Bertz CT molecular complexity index is 181. The summed E-state index contributed by atoms with van der Waals surface area (Å²) >= 11 is 0. The van der Waals surface area contributed by atoms with E-state index < -0.39 is 6.30 Å². The molecule has 12 heavy (non-hydrogen) atoms. The van der Waals surface area contributed by atoms with E-state index in [0.29, 0.717) is 18.9 Å². The molecule has 0 aromatic rings. The molecular weight excluding hydrogens is 157 g/mol. The molecule has 0 aromatic carbocycles. The van der Waals surface area contributed by atoms with Gasteiger partial charge in [0.2, 0.25) is 5.91 Å². The van der Waals surface area contributed by atoms with Crippen molar-refractivity contribution >= 4 is 5.91 Å². The molecule has 2 atom stereocenters. The molecule has 2 unspecified atom stereocenters. The summed E-state index contributed by atoms with van der Waals surface area (Å²) in [6, 6.07) is 0. The van der Waals surface area contributed by atoms with Gasteiger partial charge < -0.3 is 4.90 Å². The number of halogens is 1. The third-order valence-electron chi connectivity index (χ3n) is 2.22. The summed E-state index contributed by atoms with van der Waals surface area (Å²) in [5.41, 5.74) is 0. The van der Waals surface area contributed by atoms with Crippen LogP contribution in [-0.4, -0.2) is 23.6 Å². The molecule has 1 saturated heterocycles. The number of hydrogen-bond donors (Lipinski definition) is 0. The van der Waals surface area contributed by atoms with Crippen LogP contribution >= 0.6 is 0 Å². The van der Waals surface area contributed by atoms with Crippen LogP contribution in [0.25, 0.3) is 0 Å². The lowest BCUT2D eigenvalue weighted by Gasteiger charge is -2.20. The number of carbonyl (C=O) groups is 1. The molecule has 0 spiro atoms. The first-order chi connectivity index (χ1) is 5.52. The van der Waals surface area contributed by atoms with Crippen LogP contribution in [0, 0.1) is 11.8 Å². The predicted octanol–water partition coefficient (Wildman–Crippen LogP) is 1.81. The molecule has 0 N–H and O–H groups in total. The van der Waals surface area contributed by atoms with Crippen LogP contribution in [0.4, 0.5) is 4.39 Å². The molecule has 1 amide bonds. The average molecular weight is 173 g/mol. The molecule has 0 saturated carbocycles. The van der Waals surface area contributed by atoms with Crippen molar-refractivity contribution in [3.05, 3.63) is 0 Å². The minimum Gasteiger partial charge on any atom is -0.312 e. The molecule has 0 aromatic heterocycles. The number of alkyl halides is 1. The topological polar surface area (TPSA) is 20.3 Å². The molecular formula is C9H16FNO. The molecule has 1 fully saturated rings. The summed E-state index contributed by atoms with van der Waals surface area (Å²) < 4.78 is 13.2. The van der Waals surface area contributed by atoms with Crippen molar-refractivity contribution in [2.24, 2.45) is 11.8 Å². The number of rotatable bonds is 1. The van der Waals surface area contributed by atoms with E-state index >= 15 is 0 Å². The highest BCUT2D eigenvalue weighted by molar-refractivity contribution is 5.78. The van der Waals surface area contributed by atoms with Crippen LogP contribution in [0.15, 0.2) is 0 Å². The van der Waals surface area contributed by atoms with E-state index in [1.54, 1.807) is 13.8 Å². The van der Waals surface area contributed by atoms with E-state index in [0.717, 1.165) is 0 Å². The number of hydrogen-bond acceptors (Lipinski definition) is 1. The molecule has 0 bridgehead atoms. The highest BCUT2D eigenvalue weighted by Crippen LogP contribution is 2.24. The summed E-state index contributed by atoms with van der Waals surface area (Å²) in [5, 5.41) is 0. The van der Waals surface area contributed by atoms with Crippen molar-refractivity contribution in [2.75, 3.05) is 6.54 Å². The lowest BCUT2D eigenvalue weighted by Crippen LogP contribution is -2.36. The van der Waals surface area contributed by atoms with Gasteiger partial charge in [0.1, 0.15) is 0 Å². The van der Waals surface area contributed by atoms with Gasteiger partial charge in [0.15, 0.2) is 6.30 Å². The fourth-order valence-electron chi connectivity index (χ4n) is 1.54. The van der Waals surface area contributed by atoms with Gasteiger partial charge in [-0.2, -0.15) is 0 Å². The normalized spacial score (nSPS) is 29.9. The van der Waals surface area contributed by atoms with E-state index in [9.17, 15) is 9.18 Å². The van der Waals surface area contributed by atoms with E-state index in [-0.39, 0.29) is 11.8 Å². The van der Waals surface area contributed by atoms with Crippen molar-refractivity contribution in [3.63, 3.8) is 0 Å². The maximum absolute atomic E-state index is 13.2. The Morgan fingerprint density at radius 3 is 2.50 bits per heavy atom. The van der Waals surface area contributed by atoms with Gasteiger partial charge in [0.05, 0.1) is 0 Å². The summed E-state index contributed by atoms with van der Waals surface area (Å²) in [4.78, 5) is 12.7. The van der Waals surface area contributed by atoms with Gasteiger partial charge in [0, 0.05) is 18.9 Å². The van der Waals surface area contributed by atoms with Crippen LogP contribution in [0.1, 0.15) is 27.2 Å². The van der Waals surface area contributed by atoms with E-state index in [4.69, 9.17) is 0 Å². The molecule has 3 heteroatoms. The Kier molecular flexibility index (Phi) is 2.70. The van der Waals surface area contributed by atoms with E-state index in [1.165, 1.54) is 4.90 Å². The largest absolute Gasteiger partial charge is 0.312 e. The Balaban J connectivity index is 2.58. The number of nitrogens with zero attached hydrogens (tertiary/aromatic N) is 1. The zero-order valence-electron chi connectivity index (χ0n) is 7.88. The molecule has 0 radical (unpaired) electrons. The second-order valence-corrected chi connectivity index (χ2v) is 3.92. The maximum Gasteiger partial charge on any atom is 0.227 e. The van der Waals surface area contributed by atoms with Gasteiger partial charge in [-0.15, -0.1) is 0 Å². The third kappa shape index (κ3) is 1.76. The quantitative estimate of drug-likeness (QED) is 0.554. The molecule has 1 rings (SSSR count). The van der Waals surface area contributed by atoms with Gasteiger partial charge in [-0.1, -0.05) is 20.8 Å². The lowest BCUT2D eigenvalue weighted by molar-refractivity contribution is -0.138. The highest BCUT2D eigenvalue weighted by Gasteiger charge is 2.33. The van der Waals surface area contributed by atoms with E-state index in [2.05, 4.69) is 0 Å². The minimum absolute atomic E-state index is 0.0631. The van der Waals surface area contributed by atoms with Gasteiger partial charge in [-0.3, -0.25) is 4.79 Å². The highest BCUT2D eigenvalue weighted by atomic mass is 19.1. The maximum atomic E-state index is 13.2. The zero-order valence-corrected chi connectivity index (χ0v) is 7.88. The summed E-state index contributed by atoms with van der Waals surface area (Å²) in [6.07, 6.45) is -0.548. The second-order valence-electron chi connectivity index (χ2n) is 3.92. The monoisotopic (exact) mass is 173 g/mol. The zero-order chi connectivity index (χ0) is 9.30. The van der Waals surface area contributed by atoms with Crippen LogP contribution in [0.3, 0.4) is 0 Å². The lowest BCUT2D eigenvalue weighted by atomic mass is 10.1. The van der Waals surface area contributed by atoms with Gasteiger partial charge in [-0.05, 0) is 5.92 Å². The number of amides is 1. The first-order valence-electron chi connectivity index (χ1n) is 4.47. The summed E-state index contributed by atoms with van der Waals surface area (Å²) in [5.74, 6) is 0.156. The van der Waals surface area contributed by atoms with Crippen LogP contribution in [-0.2, 0) is 4.79 Å². The minimum atomic E-state index is -1.05. The van der Waals surface area contributed by atoms with Crippen molar-refractivity contribution < 1.29 is 9.18 Å². The molecule has 0 aliphatic carbocycles. The average Bonchev–Trinajstić information content (AvgIpc) is 2.28. The molecule has 1 aliphatic rings. The number of likely N-dealkylation sites (tertiary alicyclic amines) is 1. The van der Waals surface area contributed by atoms with E-state index in [1.807, 2.05) is 6.92 Å². The van der Waals surface area contributed by atoms with Crippen LogP contribution < -0.4 is 0 Å². The van der Waals surface area contributed by atoms with Gasteiger partial charge >= 0.3 is 0 Å². The van der Waals surface area contributed by atoms with Gasteiger partial charge in [0.25, 0.3) is 0 Å². The predicted molar refractivity (Wildman–Crippen MR) is 45.2 cm³/mol. The Hall–Kier alpha value is -0.600. The van der Waals surface area contributed by atoms with Crippen molar-refractivity contribution in [1.29, 1.82) is 0 Å². The second kappa shape index (κ2) is 3.42. The standard InChI is InChI=1S/C9H16FNO/c1-6(2)9(12)11-5-7(3)4-8(11)10/h6-8H,4-5H2,1-3H3. The Morgan fingerprint density at radius 1 is 1.58 bits per heavy atom. The fraction of sp³-hybridized carbons (Fsp3) is 0.889. The molecule has 1 heterocycles. The van der Waals surface area contributed by atoms with Gasteiger partial charge in [-0.25, -0.2) is 4.39 Å². The first-order valence-corrected chi connectivity index (χ1v) is 4.47. The smallest absolute Gasteiger partial charge is 0.227 e. The molecule has 2 nitrogen and oxygen atoms in total. The third-order valence-corrected chi connectivity index (χ3v) is 2.22. The van der Waals surface area contributed by atoms with Crippen LogP contribution in [0.2, 0.25) is 0 Å². The fourth-order valence-corrected chi connectivity index (χ4v) is 1.54. The molecule has 70 valence electrons. The van der Waals surface area contributed by atoms with Crippen molar-refractivity contribution in [3.8, 4) is 0 Å². The van der Waals surface area contributed by atoms with Crippen LogP contribution in [0.5, 0.6) is 0 Å². The SMILES string of the molecule is CC1CC(F)N(C(=O)C(C)C)C1. The summed E-state index contributed by atoms with van der Waals surface area (Å²) in [6.45, 7) is 6.16. The first kappa shape index (κ1) is 9.49.